The molecular formula is C13H18O5S. The van der Waals surface area contributed by atoms with Gasteiger partial charge in [0.25, 0.3) is 0 Å². The Morgan fingerprint density at radius 3 is 1.79 bits per heavy atom. The van der Waals surface area contributed by atoms with Crippen LogP contribution in [0.3, 0.4) is 0 Å². The van der Waals surface area contributed by atoms with Crippen molar-refractivity contribution in [3.05, 3.63) is 23.8 Å². The van der Waals surface area contributed by atoms with Crippen LogP contribution in [0, 0.1) is 0 Å². The third kappa shape index (κ3) is 3.07. The van der Waals surface area contributed by atoms with E-state index in [0.717, 1.165) is 6.26 Å². The van der Waals surface area contributed by atoms with Crippen LogP contribution in [0.4, 0.5) is 0 Å². The summed E-state index contributed by atoms with van der Waals surface area (Å²) in [5, 5.41) is 0. The Bertz CT molecular complexity index is 565. The Morgan fingerprint density at radius 1 is 1.05 bits per heavy atom. The molecule has 0 aliphatic rings. The molecular weight excluding hydrogens is 268 g/mol. The highest BCUT2D eigenvalue weighted by Crippen LogP contribution is 2.27. The van der Waals surface area contributed by atoms with Crippen molar-refractivity contribution in [1.29, 1.82) is 0 Å². The summed E-state index contributed by atoms with van der Waals surface area (Å²) < 4.78 is 32.0. The van der Waals surface area contributed by atoms with Crippen molar-refractivity contribution >= 4 is 15.6 Å². The first kappa shape index (κ1) is 15.5. The third-order valence-corrected chi connectivity index (χ3v) is 5.13. The topological polar surface area (TPSA) is 69.7 Å². The summed E-state index contributed by atoms with van der Waals surface area (Å²) in [6.45, 7) is 2.77. The van der Waals surface area contributed by atoms with E-state index < -0.39 is 20.4 Å². The number of methoxy groups -OCH3 is 2. The van der Waals surface area contributed by atoms with E-state index in [0.29, 0.717) is 11.5 Å². The van der Waals surface area contributed by atoms with Crippen molar-refractivity contribution < 1.29 is 22.7 Å². The second-order valence-corrected chi connectivity index (χ2v) is 7.28. The number of carbonyl (C=O) groups is 1. The smallest absolute Gasteiger partial charge is 0.183 e. The second-order valence-electron chi connectivity index (χ2n) is 4.71. The Labute approximate surface area is 113 Å². The average molecular weight is 286 g/mol. The van der Waals surface area contributed by atoms with E-state index in [2.05, 4.69) is 0 Å². The largest absolute Gasteiger partial charge is 0.497 e. The maximum Gasteiger partial charge on any atom is 0.183 e. The van der Waals surface area contributed by atoms with Crippen molar-refractivity contribution in [2.75, 3.05) is 20.5 Å². The van der Waals surface area contributed by atoms with Crippen molar-refractivity contribution in [2.45, 2.75) is 18.6 Å². The lowest BCUT2D eigenvalue weighted by Gasteiger charge is -2.21. The van der Waals surface area contributed by atoms with Gasteiger partial charge in [-0.2, -0.15) is 0 Å². The van der Waals surface area contributed by atoms with Gasteiger partial charge in [0.15, 0.2) is 15.6 Å². The highest BCUT2D eigenvalue weighted by atomic mass is 32.2. The van der Waals surface area contributed by atoms with E-state index >= 15 is 0 Å². The van der Waals surface area contributed by atoms with E-state index in [1.54, 1.807) is 6.07 Å². The van der Waals surface area contributed by atoms with E-state index in [4.69, 9.17) is 9.47 Å². The predicted octanol–water partition coefficient (Wildman–Crippen LogP) is 1.71. The summed E-state index contributed by atoms with van der Waals surface area (Å²) in [7, 11) is -0.594. The van der Waals surface area contributed by atoms with Gasteiger partial charge in [-0.3, -0.25) is 4.79 Å². The maximum atomic E-state index is 12.4. The van der Waals surface area contributed by atoms with Crippen LogP contribution < -0.4 is 9.47 Å². The van der Waals surface area contributed by atoms with Crippen molar-refractivity contribution in [1.82, 2.24) is 0 Å². The molecule has 0 aliphatic heterocycles. The van der Waals surface area contributed by atoms with Crippen LogP contribution in [0.1, 0.15) is 24.2 Å². The number of hydrogen-bond acceptors (Lipinski definition) is 5. The van der Waals surface area contributed by atoms with Gasteiger partial charge in [0.1, 0.15) is 16.2 Å². The Kier molecular flexibility index (Phi) is 4.25. The van der Waals surface area contributed by atoms with Crippen molar-refractivity contribution in [2.24, 2.45) is 0 Å². The fourth-order valence-corrected chi connectivity index (χ4v) is 1.91. The number of rotatable bonds is 5. The minimum atomic E-state index is -3.52. The van der Waals surface area contributed by atoms with Crippen LogP contribution in [-0.2, 0) is 9.84 Å². The molecule has 0 saturated carbocycles. The van der Waals surface area contributed by atoms with E-state index in [1.807, 2.05) is 0 Å². The molecule has 5 nitrogen and oxygen atoms in total. The molecule has 1 aromatic carbocycles. The quantitative estimate of drug-likeness (QED) is 0.771. The first-order valence-corrected chi connectivity index (χ1v) is 7.50. The predicted molar refractivity (Wildman–Crippen MR) is 72.8 cm³/mol. The molecule has 0 amide bonds. The minimum Gasteiger partial charge on any atom is -0.497 e. The standard InChI is InChI=1S/C13H18O5S/c1-13(2,19(5,15)16)12(14)9-6-10(17-3)8-11(7-9)18-4/h6-8H,1-5H3. The molecule has 0 spiro atoms. The number of sulfone groups is 1. The van der Waals surface area contributed by atoms with Gasteiger partial charge in [0, 0.05) is 17.9 Å². The fourth-order valence-electron chi connectivity index (χ4n) is 1.45. The van der Waals surface area contributed by atoms with Gasteiger partial charge in [-0.1, -0.05) is 0 Å². The molecule has 106 valence electrons. The summed E-state index contributed by atoms with van der Waals surface area (Å²) in [5.41, 5.74) is 0.242. The highest BCUT2D eigenvalue weighted by Gasteiger charge is 2.39. The van der Waals surface area contributed by atoms with E-state index in [1.165, 1.54) is 40.2 Å². The van der Waals surface area contributed by atoms with Gasteiger partial charge in [0.2, 0.25) is 0 Å². The number of ketones is 1. The summed E-state index contributed by atoms with van der Waals surface area (Å²) in [6.07, 6.45) is 1.04. The van der Waals surface area contributed by atoms with Crippen LogP contribution in [0.25, 0.3) is 0 Å². The number of Topliss-reactive ketones (excluding diaryl/α,β-unsaturated/α-hetero) is 1. The third-order valence-electron chi connectivity index (χ3n) is 3.09. The SMILES string of the molecule is COc1cc(OC)cc(C(=O)C(C)(C)S(C)(=O)=O)c1. The second kappa shape index (κ2) is 5.21. The number of carbonyl (C=O) groups excluding carboxylic acids is 1. The molecule has 0 unspecified atom stereocenters. The van der Waals surface area contributed by atoms with Crippen molar-refractivity contribution in [3.8, 4) is 11.5 Å². The average Bonchev–Trinajstić information content (AvgIpc) is 2.35. The van der Waals surface area contributed by atoms with Crippen molar-refractivity contribution in [3.63, 3.8) is 0 Å². The molecule has 0 atom stereocenters. The molecule has 6 heteroatoms. The minimum absolute atomic E-state index is 0.242. The molecule has 0 N–H and O–H groups in total. The Balaban J connectivity index is 3.34. The molecule has 19 heavy (non-hydrogen) atoms. The number of benzene rings is 1. The van der Waals surface area contributed by atoms with E-state index in [-0.39, 0.29) is 5.56 Å². The maximum absolute atomic E-state index is 12.4. The molecule has 0 aromatic heterocycles. The molecule has 0 aliphatic carbocycles. The van der Waals surface area contributed by atoms with Gasteiger partial charge in [0.05, 0.1) is 14.2 Å². The van der Waals surface area contributed by atoms with Crippen LogP contribution >= 0.6 is 0 Å². The Morgan fingerprint density at radius 2 is 1.47 bits per heavy atom. The van der Waals surface area contributed by atoms with Gasteiger partial charge in [-0.05, 0) is 26.0 Å². The van der Waals surface area contributed by atoms with E-state index in [9.17, 15) is 13.2 Å². The summed E-state index contributed by atoms with van der Waals surface area (Å²) in [6, 6.07) is 4.61. The molecule has 1 rings (SSSR count). The fraction of sp³-hybridized carbons (Fsp3) is 0.462. The first-order chi connectivity index (χ1) is 8.63. The molecule has 0 heterocycles. The summed E-state index contributed by atoms with van der Waals surface area (Å²) in [4.78, 5) is 12.4. The van der Waals surface area contributed by atoms with Crippen LogP contribution in [-0.4, -0.2) is 39.4 Å². The zero-order valence-corrected chi connectivity index (χ0v) is 12.5. The number of hydrogen-bond donors (Lipinski definition) is 0. The van der Waals surface area contributed by atoms with Gasteiger partial charge in [-0.25, -0.2) is 8.42 Å². The molecule has 0 saturated heterocycles. The monoisotopic (exact) mass is 286 g/mol. The molecule has 0 radical (unpaired) electrons. The normalized spacial score (nSPS) is 12.1. The zero-order valence-electron chi connectivity index (χ0n) is 11.7. The van der Waals surface area contributed by atoms with Crippen LogP contribution in [0.15, 0.2) is 18.2 Å². The van der Waals surface area contributed by atoms with Gasteiger partial charge >= 0.3 is 0 Å². The zero-order chi connectivity index (χ0) is 14.8. The summed E-state index contributed by atoms with van der Waals surface area (Å²) >= 11 is 0. The number of ether oxygens (including phenoxy) is 2. The Hall–Kier alpha value is -1.56. The molecule has 1 aromatic rings. The van der Waals surface area contributed by atoms with Gasteiger partial charge in [-0.15, -0.1) is 0 Å². The lowest BCUT2D eigenvalue weighted by molar-refractivity contribution is 0.0953. The first-order valence-electron chi connectivity index (χ1n) is 5.61. The lowest BCUT2D eigenvalue weighted by Crippen LogP contribution is -2.39. The highest BCUT2D eigenvalue weighted by molar-refractivity contribution is 7.92. The lowest BCUT2D eigenvalue weighted by atomic mass is 10.00. The van der Waals surface area contributed by atoms with Gasteiger partial charge < -0.3 is 9.47 Å². The van der Waals surface area contributed by atoms with Crippen LogP contribution in [0.2, 0.25) is 0 Å². The summed E-state index contributed by atoms with van der Waals surface area (Å²) in [5.74, 6) is 0.381. The molecule has 0 bridgehead atoms. The molecule has 0 fully saturated rings. The van der Waals surface area contributed by atoms with Crippen LogP contribution in [0.5, 0.6) is 11.5 Å².